The van der Waals surface area contributed by atoms with E-state index in [1.807, 2.05) is 11.9 Å². The van der Waals surface area contributed by atoms with Crippen LogP contribution in [0.2, 0.25) is 0 Å². The lowest BCUT2D eigenvalue weighted by Crippen LogP contribution is -2.51. The second kappa shape index (κ2) is 6.30. The Labute approximate surface area is 130 Å². The first-order valence-electron chi connectivity index (χ1n) is 7.93. The van der Waals surface area contributed by atoms with Crippen LogP contribution in [-0.4, -0.2) is 47.0 Å². The van der Waals surface area contributed by atoms with Crippen molar-refractivity contribution in [2.45, 2.75) is 38.1 Å². The number of amides is 1. The largest absolute Gasteiger partial charge is 0.352 e. The van der Waals surface area contributed by atoms with Crippen molar-refractivity contribution < 1.29 is 4.79 Å². The summed E-state index contributed by atoms with van der Waals surface area (Å²) in [5, 5.41) is 9.18. The van der Waals surface area contributed by atoms with Crippen LogP contribution in [0.4, 0.5) is 5.82 Å². The molecule has 0 bridgehead atoms. The van der Waals surface area contributed by atoms with Gasteiger partial charge in [-0.3, -0.25) is 4.79 Å². The number of nitrogens with zero attached hydrogens (tertiary/aromatic N) is 5. The van der Waals surface area contributed by atoms with Crippen molar-refractivity contribution in [2.24, 2.45) is 5.92 Å². The number of hydrogen-bond acceptors (Lipinski definition) is 5. The maximum atomic E-state index is 12.4. The van der Waals surface area contributed by atoms with Gasteiger partial charge < -0.3 is 9.80 Å². The van der Waals surface area contributed by atoms with Crippen LogP contribution in [0.25, 0.3) is 0 Å². The van der Waals surface area contributed by atoms with Crippen molar-refractivity contribution in [1.82, 2.24) is 14.9 Å². The molecule has 1 saturated carbocycles. The third kappa shape index (κ3) is 2.76. The van der Waals surface area contributed by atoms with Gasteiger partial charge in [0.1, 0.15) is 6.07 Å². The lowest BCUT2D eigenvalue weighted by molar-refractivity contribution is -0.139. The van der Waals surface area contributed by atoms with E-state index >= 15 is 0 Å². The highest BCUT2D eigenvalue weighted by atomic mass is 16.2. The zero-order chi connectivity index (χ0) is 15.5. The van der Waals surface area contributed by atoms with E-state index in [-0.39, 0.29) is 17.9 Å². The molecule has 1 aromatic heterocycles. The molecular formula is C16H21N5O. The Bertz CT molecular complexity index is 592. The SMILES string of the molecule is CN(C(=O)C1CCC1)C1CCCN(c2nccnc2C#N)C1. The number of hydrogen-bond donors (Lipinski definition) is 0. The summed E-state index contributed by atoms with van der Waals surface area (Å²) in [7, 11) is 1.91. The number of carbonyl (C=O) groups is 1. The molecule has 1 aliphatic heterocycles. The van der Waals surface area contributed by atoms with E-state index in [1.165, 1.54) is 12.6 Å². The van der Waals surface area contributed by atoms with E-state index in [9.17, 15) is 10.1 Å². The van der Waals surface area contributed by atoms with Gasteiger partial charge in [0.25, 0.3) is 0 Å². The Kier molecular flexibility index (Phi) is 4.23. The molecule has 2 fully saturated rings. The van der Waals surface area contributed by atoms with E-state index < -0.39 is 0 Å². The molecular weight excluding hydrogens is 278 g/mol. The highest BCUT2D eigenvalue weighted by Crippen LogP contribution is 2.30. The number of piperidine rings is 1. The molecule has 1 atom stereocenters. The highest BCUT2D eigenvalue weighted by molar-refractivity contribution is 5.79. The number of nitriles is 1. The topological polar surface area (TPSA) is 73.1 Å². The molecule has 2 heterocycles. The lowest BCUT2D eigenvalue weighted by Gasteiger charge is -2.40. The fourth-order valence-corrected chi connectivity index (χ4v) is 3.23. The molecule has 1 unspecified atom stereocenters. The minimum Gasteiger partial charge on any atom is -0.352 e. The predicted molar refractivity (Wildman–Crippen MR) is 82.1 cm³/mol. The van der Waals surface area contributed by atoms with Crippen molar-refractivity contribution in [3.05, 3.63) is 18.1 Å². The second-order valence-corrected chi connectivity index (χ2v) is 6.16. The van der Waals surface area contributed by atoms with Gasteiger partial charge in [-0.2, -0.15) is 5.26 Å². The van der Waals surface area contributed by atoms with E-state index in [1.54, 1.807) is 6.20 Å². The Balaban J connectivity index is 1.71. The summed E-state index contributed by atoms with van der Waals surface area (Å²) in [6, 6.07) is 2.29. The van der Waals surface area contributed by atoms with Crippen molar-refractivity contribution >= 4 is 11.7 Å². The summed E-state index contributed by atoms with van der Waals surface area (Å²) in [5.74, 6) is 1.14. The molecule has 6 nitrogen and oxygen atoms in total. The normalized spacial score (nSPS) is 21.8. The first-order chi connectivity index (χ1) is 10.7. The Hall–Kier alpha value is -2.16. The molecule has 0 aromatic carbocycles. The predicted octanol–water partition coefficient (Wildman–Crippen LogP) is 1.58. The van der Waals surface area contributed by atoms with Gasteiger partial charge in [-0.05, 0) is 25.7 Å². The molecule has 1 saturated heterocycles. The van der Waals surface area contributed by atoms with Gasteiger partial charge >= 0.3 is 0 Å². The molecule has 3 rings (SSSR count). The fourth-order valence-electron chi connectivity index (χ4n) is 3.23. The van der Waals surface area contributed by atoms with E-state index in [4.69, 9.17) is 0 Å². The first kappa shape index (κ1) is 14.8. The molecule has 22 heavy (non-hydrogen) atoms. The van der Waals surface area contributed by atoms with Gasteiger partial charge in [0, 0.05) is 44.5 Å². The van der Waals surface area contributed by atoms with Gasteiger partial charge in [-0.15, -0.1) is 0 Å². The number of anilines is 1. The zero-order valence-corrected chi connectivity index (χ0v) is 12.9. The van der Waals surface area contributed by atoms with E-state index in [0.29, 0.717) is 11.5 Å². The van der Waals surface area contributed by atoms with Crippen LogP contribution < -0.4 is 4.90 Å². The van der Waals surface area contributed by atoms with Gasteiger partial charge in [0.05, 0.1) is 0 Å². The number of aromatic nitrogens is 2. The van der Waals surface area contributed by atoms with Crippen molar-refractivity contribution in [3.63, 3.8) is 0 Å². The molecule has 2 aliphatic rings. The average molecular weight is 299 g/mol. The summed E-state index contributed by atoms with van der Waals surface area (Å²) in [6.45, 7) is 1.58. The molecule has 6 heteroatoms. The highest BCUT2D eigenvalue weighted by Gasteiger charge is 2.33. The standard InChI is InChI=1S/C16H21N5O/c1-20(16(22)12-4-2-5-12)13-6-3-9-21(11-13)15-14(10-17)18-7-8-19-15/h7-8,12-13H,2-6,9,11H2,1H3. The Morgan fingerprint density at radius 2 is 2.09 bits per heavy atom. The molecule has 116 valence electrons. The van der Waals surface area contributed by atoms with Gasteiger partial charge in [0.2, 0.25) is 5.91 Å². The molecule has 0 spiro atoms. The third-order valence-corrected chi connectivity index (χ3v) is 4.83. The van der Waals surface area contributed by atoms with Gasteiger partial charge in [0.15, 0.2) is 11.5 Å². The van der Waals surface area contributed by atoms with Crippen molar-refractivity contribution in [2.75, 3.05) is 25.0 Å². The number of carbonyl (C=O) groups excluding carboxylic acids is 1. The quantitative estimate of drug-likeness (QED) is 0.847. The minimum absolute atomic E-state index is 0.190. The first-order valence-corrected chi connectivity index (χ1v) is 7.93. The van der Waals surface area contributed by atoms with Gasteiger partial charge in [-0.25, -0.2) is 9.97 Å². The summed E-state index contributed by atoms with van der Waals surface area (Å²) in [6.07, 6.45) is 8.39. The van der Waals surface area contributed by atoms with E-state index in [0.717, 1.165) is 38.8 Å². The van der Waals surface area contributed by atoms with Crippen LogP contribution >= 0.6 is 0 Å². The van der Waals surface area contributed by atoms with Crippen molar-refractivity contribution in [1.29, 1.82) is 5.26 Å². The fraction of sp³-hybridized carbons (Fsp3) is 0.625. The Morgan fingerprint density at radius 1 is 1.32 bits per heavy atom. The lowest BCUT2D eigenvalue weighted by atomic mass is 9.84. The zero-order valence-electron chi connectivity index (χ0n) is 12.9. The van der Waals surface area contributed by atoms with Crippen LogP contribution in [0, 0.1) is 17.2 Å². The second-order valence-electron chi connectivity index (χ2n) is 6.16. The Morgan fingerprint density at radius 3 is 2.77 bits per heavy atom. The van der Waals surface area contributed by atoms with Crippen molar-refractivity contribution in [3.8, 4) is 6.07 Å². The summed E-state index contributed by atoms with van der Waals surface area (Å²) >= 11 is 0. The van der Waals surface area contributed by atoms with Crippen LogP contribution in [0.3, 0.4) is 0 Å². The van der Waals surface area contributed by atoms with Crippen LogP contribution in [0.15, 0.2) is 12.4 Å². The molecule has 1 aromatic rings. The number of rotatable bonds is 3. The molecule has 0 radical (unpaired) electrons. The summed E-state index contributed by atoms with van der Waals surface area (Å²) in [5.41, 5.74) is 0.358. The smallest absolute Gasteiger partial charge is 0.225 e. The molecule has 1 amide bonds. The maximum Gasteiger partial charge on any atom is 0.225 e. The average Bonchev–Trinajstić information content (AvgIpc) is 2.52. The summed E-state index contributed by atoms with van der Waals surface area (Å²) in [4.78, 5) is 24.8. The van der Waals surface area contributed by atoms with Crippen LogP contribution in [0.5, 0.6) is 0 Å². The third-order valence-electron chi connectivity index (χ3n) is 4.83. The van der Waals surface area contributed by atoms with E-state index in [2.05, 4.69) is 20.9 Å². The van der Waals surface area contributed by atoms with Crippen LogP contribution in [0.1, 0.15) is 37.8 Å². The minimum atomic E-state index is 0.190. The maximum absolute atomic E-state index is 12.4. The van der Waals surface area contributed by atoms with Gasteiger partial charge in [-0.1, -0.05) is 6.42 Å². The number of likely N-dealkylation sites (N-methyl/N-ethyl adjacent to an activating group) is 1. The molecule has 1 aliphatic carbocycles. The summed E-state index contributed by atoms with van der Waals surface area (Å²) < 4.78 is 0. The van der Waals surface area contributed by atoms with Crippen LogP contribution in [-0.2, 0) is 4.79 Å². The molecule has 0 N–H and O–H groups in total. The monoisotopic (exact) mass is 299 g/mol.